The number of hydrogen-bond acceptors (Lipinski definition) is 5. The lowest BCUT2D eigenvalue weighted by molar-refractivity contribution is 0.415. The maximum atomic E-state index is 13.2. The van der Waals surface area contributed by atoms with Crippen molar-refractivity contribution in [1.82, 2.24) is 0 Å². The predicted octanol–water partition coefficient (Wildman–Crippen LogP) is 5.52. The molecule has 0 atom stereocenters. The van der Waals surface area contributed by atoms with Gasteiger partial charge in [0.2, 0.25) is 0 Å². The minimum absolute atomic E-state index is 0.146. The van der Waals surface area contributed by atoms with Crippen LogP contribution in [0.1, 0.15) is 24.0 Å². The summed E-state index contributed by atoms with van der Waals surface area (Å²) in [6.45, 7) is 5.90. The number of hydrogen-bond donors (Lipinski definition) is 3. The molecule has 1 saturated heterocycles. The minimum atomic E-state index is -3.81. The van der Waals surface area contributed by atoms with Gasteiger partial charge in [-0.1, -0.05) is 6.07 Å². The molecule has 0 bridgehead atoms. The van der Waals surface area contributed by atoms with Gasteiger partial charge in [-0.25, -0.2) is 8.42 Å². The molecule has 3 aromatic rings. The van der Waals surface area contributed by atoms with E-state index in [9.17, 15) is 8.42 Å². The van der Waals surface area contributed by atoms with E-state index in [1.54, 1.807) is 43.5 Å². The molecule has 0 unspecified atom stereocenters. The Hall–Kier alpha value is -3.30. The van der Waals surface area contributed by atoms with Crippen LogP contribution in [0.4, 0.5) is 22.7 Å². The first-order chi connectivity index (χ1) is 16.7. The first-order valence-electron chi connectivity index (χ1n) is 11.5. The highest BCUT2D eigenvalue weighted by atomic mass is 32.2. The van der Waals surface area contributed by atoms with E-state index in [4.69, 9.17) is 17.0 Å². The molecule has 0 aliphatic carbocycles. The quantitative estimate of drug-likeness (QED) is 0.361. The zero-order valence-electron chi connectivity index (χ0n) is 20.1. The monoisotopic (exact) mass is 510 g/mol. The standard InChI is InChI=1S/C26H30N4O3S2/c1-18-14-19(2)16-21(15-18)27-26(34)28-24-17-23(10-11-25(24)30-12-4-5-13-30)35(31,32)29-20-6-8-22(33-3)9-7-20/h6-11,14-17,29H,4-5,12-13H2,1-3H3,(H2,27,28,34). The maximum Gasteiger partial charge on any atom is 0.261 e. The van der Waals surface area contributed by atoms with E-state index in [1.165, 1.54) is 0 Å². The number of nitrogens with zero attached hydrogens (tertiary/aromatic N) is 1. The van der Waals surface area contributed by atoms with Crippen molar-refractivity contribution in [2.24, 2.45) is 0 Å². The third-order valence-corrected chi connectivity index (χ3v) is 7.38. The Morgan fingerprint density at radius 1 is 0.886 bits per heavy atom. The molecule has 1 fully saturated rings. The number of aryl methyl sites for hydroxylation is 2. The molecule has 0 aromatic heterocycles. The fourth-order valence-electron chi connectivity index (χ4n) is 4.22. The molecule has 1 aliphatic rings. The van der Waals surface area contributed by atoms with Crippen LogP contribution in [0, 0.1) is 13.8 Å². The van der Waals surface area contributed by atoms with E-state index in [2.05, 4.69) is 26.3 Å². The third-order valence-electron chi connectivity index (χ3n) is 5.80. The van der Waals surface area contributed by atoms with Crippen molar-refractivity contribution in [2.75, 3.05) is 40.5 Å². The summed E-state index contributed by atoms with van der Waals surface area (Å²) < 4.78 is 34.1. The molecule has 7 nitrogen and oxygen atoms in total. The van der Waals surface area contributed by atoms with E-state index >= 15 is 0 Å². The van der Waals surface area contributed by atoms with Crippen molar-refractivity contribution >= 4 is 50.1 Å². The second-order valence-electron chi connectivity index (χ2n) is 8.66. The van der Waals surface area contributed by atoms with Crippen LogP contribution in [0.25, 0.3) is 0 Å². The number of rotatable bonds is 7. The second-order valence-corrected chi connectivity index (χ2v) is 10.8. The molecule has 0 spiro atoms. The van der Waals surface area contributed by atoms with Gasteiger partial charge in [-0.3, -0.25) is 4.72 Å². The molecular formula is C26H30N4O3S2. The smallest absolute Gasteiger partial charge is 0.261 e. The Balaban J connectivity index is 1.60. The van der Waals surface area contributed by atoms with E-state index in [0.717, 1.165) is 48.4 Å². The van der Waals surface area contributed by atoms with Crippen LogP contribution >= 0.6 is 12.2 Å². The fourth-order valence-corrected chi connectivity index (χ4v) is 5.53. The number of sulfonamides is 1. The summed E-state index contributed by atoms with van der Waals surface area (Å²) in [4.78, 5) is 2.39. The highest BCUT2D eigenvalue weighted by Gasteiger charge is 2.21. The molecule has 0 amide bonds. The van der Waals surface area contributed by atoms with Crippen molar-refractivity contribution in [3.63, 3.8) is 0 Å². The van der Waals surface area contributed by atoms with Gasteiger partial charge in [0.05, 0.1) is 23.4 Å². The van der Waals surface area contributed by atoms with Crippen molar-refractivity contribution in [1.29, 1.82) is 0 Å². The lowest BCUT2D eigenvalue weighted by Gasteiger charge is -2.23. The summed E-state index contributed by atoms with van der Waals surface area (Å²) in [5, 5.41) is 6.86. The molecule has 9 heteroatoms. The molecule has 3 aromatic carbocycles. The molecule has 4 rings (SSSR count). The van der Waals surface area contributed by atoms with Gasteiger partial charge in [0.1, 0.15) is 5.75 Å². The molecule has 0 saturated carbocycles. The van der Waals surface area contributed by atoms with Crippen LogP contribution in [-0.4, -0.2) is 33.7 Å². The van der Waals surface area contributed by atoms with E-state index in [0.29, 0.717) is 22.2 Å². The van der Waals surface area contributed by atoms with Crippen molar-refractivity contribution in [3.8, 4) is 5.75 Å². The number of ether oxygens (including phenoxy) is 1. The second kappa shape index (κ2) is 10.5. The van der Waals surface area contributed by atoms with Gasteiger partial charge in [-0.2, -0.15) is 0 Å². The molecular weight excluding hydrogens is 480 g/mol. The summed E-state index contributed by atoms with van der Waals surface area (Å²) in [5.74, 6) is 0.652. The summed E-state index contributed by atoms with van der Waals surface area (Å²) in [6, 6.07) is 18.0. The average molecular weight is 511 g/mol. The van der Waals surface area contributed by atoms with Gasteiger partial charge in [0.25, 0.3) is 10.0 Å². The van der Waals surface area contributed by atoms with Gasteiger partial charge in [-0.15, -0.1) is 0 Å². The number of thiocarbonyl (C=S) groups is 1. The van der Waals surface area contributed by atoms with Gasteiger partial charge in [0, 0.05) is 24.5 Å². The molecule has 1 heterocycles. The highest BCUT2D eigenvalue weighted by molar-refractivity contribution is 7.92. The van der Waals surface area contributed by atoms with E-state index in [1.807, 2.05) is 32.0 Å². The Labute approximate surface area is 212 Å². The Bertz CT molecular complexity index is 1300. The van der Waals surface area contributed by atoms with Gasteiger partial charge in [-0.05, 0) is 105 Å². The van der Waals surface area contributed by atoms with Gasteiger partial charge in [0.15, 0.2) is 5.11 Å². The molecule has 0 radical (unpaired) electrons. The van der Waals surface area contributed by atoms with Gasteiger partial charge < -0.3 is 20.3 Å². The Morgan fingerprint density at radius 2 is 1.54 bits per heavy atom. The fraction of sp³-hybridized carbons (Fsp3) is 0.269. The SMILES string of the molecule is COc1ccc(NS(=O)(=O)c2ccc(N3CCCC3)c(NC(=S)Nc3cc(C)cc(C)c3)c2)cc1. The number of anilines is 4. The van der Waals surface area contributed by atoms with Crippen LogP contribution in [0.3, 0.4) is 0 Å². The zero-order valence-corrected chi connectivity index (χ0v) is 21.7. The van der Waals surface area contributed by atoms with E-state index in [-0.39, 0.29) is 4.90 Å². The first-order valence-corrected chi connectivity index (χ1v) is 13.3. The molecule has 3 N–H and O–H groups in total. The largest absolute Gasteiger partial charge is 0.497 e. The summed E-state index contributed by atoms with van der Waals surface area (Å²) in [5.41, 5.74) is 5.17. The predicted molar refractivity (Wildman–Crippen MR) is 147 cm³/mol. The number of methoxy groups -OCH3 is 1. The Morgan fingerprint density at radius 3 is 2.17 bits per heavy atom. The molecule has 35 heavy (non-hydrogen) atoms. The Kier molecular flexibility index (Phi) is 7.47. The first kappa shape index (κ1) is 24.8. The van der Waals surface area contributed by atoms with Crippen LogP contribution in [0.5, 0.6) is 5.75 Å². The lowest BCUT2D eigenvalue weighted by Crippen LogP contribution is -2.24. The zero-order chi connectivity index (χ0) is 25.0. The molecule has 1 aliphatic heterocycles. The summed E-state index contributed by atoms with van der Waals surface area (Å²) in [7, 11) is -2.25. The van der Waals surface area contributed by atoms with Crippen LogP contribution in [0.2, 0.25) is 0 Å². The maximum absolute atomic E-state index is 13.2. The lowest BCUT2D eigenvalue weighted by atomic mass is 10.1. The van der Waals surface area contributed by atoms with Crippen molar-refractivity contribution in [3.05, 3.63) is 71.8 Å². The molecule has 184 valence electrons. The number of nitrogens with one attached hydrogen (secondary N) is 3. The van der Waals surface area contributed by atoms with E-state index < -0.39 is 10.0 Å². The normalized spacial score (nSPS) is 13.4. The van der Waals surface area contributed by atoms with Crippen LogP contribution in [0.15, 0.2) is 65.6 Å². The topological polar surface area (TPSA) is 82.7 Å². The average Bonchev–Trinajstić information content (AvgIpc) is 3.33. The van der Waals surface area contributed by atoms with Gasteiger partial charge >= 0.3 is 0 Å². The van der Waals surface area contributed by atoms with Crippen LogP contribution < -0.4 is 25.0 Å². The summed E-state index contributed by atoms with van der Waals surface area (Å²) >= 11 is 5.59. The van der Waals surface area contributed by atoms with Crippen LogP contribution in [-0.2, 0) is 10.0 Å². The highest BCUT2D eigenvalue weighted by Crippen LogP contribution is 2.32. The minimum Gasteiger partial charge on any atom is -0.497 e. The number of benzene rings is 3. The third kappa shape index (κ3) is 6.23. The summed E-state index contributed by atoms with van der Waals surface area (Å²) in [6.07, 6.45) is 2.20. The van der Waals surface area contributed by atoms with Crippen molar-refractivity contribution < 1.29 is 13.2 Å². The van der Waals surface area contributed by atoms with Crippen molar-refractivity contribution in [2.45, 2.75) is 31.6 Å².